The van der Waals surface area contributed by atoms with Crippen LogP contribution in [0.4, 0.5) is 0 Å². The number of hydrogen-bond acceptors (Lipinski definition) is 2. The second-order valence-electron chi connectivity index (χ2n) is 13.5. The average molecular weight is 687 g/mol. The normalized spacial score (nSPS) is 11.3. The highest BCUT2D eigenvalue weighted by molar-refractivity contribution is 6.15. The zero-order chi connectivity index (χ0) is 36.2. The van der Waals surface area contributed by atoms with Crippen LogP contribution in [0.3, 0.4) is 0 Å². The van der Waals surface area contributed by atoms with Gasteiger partial charge in [-0.05, 0) is 76.3 Å². The summed E-state index contributed by atoms with van der Waals surface area (Å²) in [6, 6.07) is 67.9. The summed E-state index contributed by atoms with van der Waals surface area (Å²) in [5, 5.41) is 24.5. The summed E-state index contributed by atoms with van der Waals surface area (Å²) in [5.41, 5.74) is 14.1. The molecule has 0 spiro atoms. The maximum atomic E-state index is 10.1. The lowest BCUT2D eigenvalue weighted by Crippen LogP contribution is -1.97. The predicted octanol–water partition coefficient (Wildman–Crippen LogP) is 12.6. The van der Waals surface area contributed by atoms with E-state index < -0.39 is 0 Å². The minimum absolute atomic E-state index is 0.623. The lowest BCUT2D eigenvalue weighted by molar-refractivity contribution is 1.17. The number of nitrogens with zero attached hydrogens (tertiary/aromatic N) is 4. The molecule has 0 bridgehead atoms. The fraction of sp³-hybridized carbons (Fsp3) is 0. The molecule has 4 nitrogen and oxygen atoms in total. The molecule has 0 atom stereocenters. The van der Waals surface area contributed by atoms with Gasteiger partial charge < -0.3 is 9.13 Å². The van der Waals surface area contributed by atoms with Crippen molar-refractivity contribution in [3.63, 3.8) is 0 Å². The number of benzene rings is 8. The summed E-state index contributed by atoms with van der Waals surface area (Å²) < 4.78 is 4.53. The Balaban J connectivity index is 1.22. The Bertz CT molecular complexity index is 3200. The Morgan fingerprint density at radius 3 is 1.69 bits per heavy atom. The van der Waals surface area contributed by atoms with E-state index in [0.717, 1.165) is 88.4 Å². The first-order valence-corrected chi connectivity index (χ1v) is 18.0. The molecule has 0 saturated carbocycles. The summed E-state index contributed by atoms with van der Waals surface area (Å²) in [5.74, 6) is 0. The second-order valence-corrected chi connectivity index (χ2v) is 13.5. The van der Waals surface area contributed by atoms with Gasteiger partial charge in [-0.2, -0.15) is 10.5 Å². The Morgan fingerprint density at radius 2 is 0.926 bits per heavy atom. The average Bonchev–Trinajstić information content (AvgIpc) is 3.76. The van der Waals surface area contributed by atoms with Crippen LogP contribution < -0.4 is 0 Å². The van der Waals surface area contributed by atoms with Crippen molar-refractivity contribution < 1.29 is 0 Å². The summed E-state index contributed by atoms with van der Waals surface area (Å²) >= 11 is 0. The van der Waals surface area contributed by atoms with E-state index >= 15 is 0 Å². The van der Waals surface area contributed by atoms with Crippen molar-refractivity contribution in [3.8, 4) is 56.9 Å². The van der Waals surface area contributed by atoms with Crippen LogP contribution in [0.15, 0.2) is 182 Å². The third kappa shape index (κ3) is 4.76. The van der Waals surface area contributed by atoms with E-state index in [9.17, 15) is 10.5 Å². The number of hydrogen-bond donors (Lipinski definition) is 0. The molecule has 54 heavy (non-hydrogen) atoms. The van der Waals surface area contributed by atoms with Crippen molar-refractivity contribution in [3.05, 3.63) is 193 Å². The van der Waals surface area contributed by atoms with Crippen molar-refractivity contribution in [1.82, 2.24) is 9.13 Å². The van der Waals surface area contributed by atoms with Crippen LogP contribution in [-0.4, -0.2) is 9.13 Å². The summed E-state index contributed by atoms with van der Waals surface area (Å²) in [4.78, 5) is 0. The molecule has 8 aromatic carbocycles. The lowest BCUT2D eigenvalue weighted by Gasteiger charge is -2.17. The van der Waals surface area contributed by atoms with Gasteiger partial charge in [0.1, 0.15) is 6.07 Å². The number of fused-ring (bicyclic) bond motifs is 6. The quantitative estimate of drug-likeness (QED) is 0.181. The zero-order valence-electron chi connectivity index (χ0n) is 29.1. The van der Waals surface area contributed by atoms with Crippen LogP contribution in [0.2, 0.25) is 0 Å². The van der Waals surface area contributed by atoms with Crippen molar-refractivity contribution in [1.29, 1.82) is 10.5 Å². The van der Waals surface area contributed by atoms with Crippen molar-refractivity contribution in [2.24, 2.45) is 0 Å². The number of aromatic nitrogens is 2. The highest BCUT2D eigenvalue weighted by Crippen LogP contribution is 2.44. The van der Waals surface area contributed by atoms with Crippen LogP contribution in [-0.2, 0) is 0 Å². The largest absolute Gasteiger partial charge is 0.309 e. The monoisotopic (exact) mass is 686 g/mol. The topological polar surface area (TPSA) is 57.4 Å². The van der Waals surface area contributed by atoms with Crippen molar-refractivity contribution >= 4 is 43.6 Å². The SMILES string of the molecule is N#Cc1cccc(-n2c3ccccc3c3cccc(-c4ccccc4-c4ccccc4-c4ccc5c6ccccc6n(-c6ccccc6C#N)c5c4)c32)c1. The molecule has 0 saturated heterocycles. The fourth-order valence-electron chi connectivity index (χ4n) is 8.30. The summed E-state index contributed by atoms with van der Waals surface area (Å²) in [7, 11) is 0. The van der Waals surface area contributed by atoms with Crippen LogP contribution in [0.1, 0.15) is 11.1 Å². The van der Waals surface area contributed by atoms with E-state index in [1.54, 1.807) is 0 Å². The zero-order valence-corrected chi connectivity index (χ0v) is 29.1. The van der Waals surface area contributed by atoms with E-state index in [0.29, 0.717) is 11.1 Å². The van der Waals surface area contributed by atoms with Gasteiger partial charge in [0, 0.05) is 32.8 Å². The highest BCUT2D eigenvalue weighted by atomic mass is 15.0. The Labute approximate surface area is 312 Å². The molecule has 4 heteroatoms. The molecule has 0 radical (unpaired) electrons. The highest BCUT2D eigenvalue weighted by Gasteiger charge is 2.21. The molecule has 10 aromatic rings. The van der Waals surface area contributed by atoms with E-state index in [2.05, 4.69) is 161 Å². The molecule has 0 aliphatic carbocycles. The molecule has 0 amide bonds. The standard InChI is InChI=1S/C50H30N4/c51-31-33-13-11-15-36(29-33)53-47-25-9-7-21-42(47)45-23-12-22-44(50(45)53)40-19-5-4-18-39(40)38-17-3-2-16-37(38)34-27-28-43-41-20-6-10-26-48(41)54(49(43)30-34)46-24-8-1-14-35(46)32-52/h1-30H. The second kappa shape index (κ2) is 12.5. The van der Waals surface area contributed by atoms with E-state index in [-0.39, 0.29) is 0 Å². The van der Waals surface area contributed by atoms with Gasteiger partial charge in [0.25, 0.3) is 0 Å². The Morgan fingerprint density at radius 1 is 0.370 bits per heavy atom. The van der Waals surface area contributed by atoms with Gasteiger partial charge in [0.2, 0.25) is 0 Å². The Hall–Kier alpha value is -7.66. The first-order chi connectivity index (χ1) is 26.7. The molecular formula is C50H30N4. The van der Waals surface area contributed by atoms with Gasteiger partial charge in [-0.3, -0.25) is 0 Å². The minimum Gasteiger partial charge on any atom is -0.309 e. The molecule has 0 unspecified atom stereocenters. The van der Waals surface area contributed by atoms with Crippen molar-refractivity contribution in [2.45, 2.75) is 0 Å². The van der Waals surface area contributed by atoms with Gasteiger partial charge in [-0.25, -0.2) is 0 Å². The maximum absolute atomic E-state index is 10.1. The van der Waals surface area contributed by atoms with Gasteiger partial charge in [-0.1, -0.05) is 133 Å². The van der Waals surface area contributed by atoms with E-state index in [1.807, 2.05) is 42.5 Å². The fourth-order valence-corrected chi connectivity index (χ4v) is 8.30. The van der Waals surface area contributed by atoms with Gasteiger partial charge in [-0.15, -0.1) is 0 Å². The van der Waals surface area contributed by atoms with Gasteiger partial charge in [0.05, 0.1) is 45.0 Å². The molecule has 0 fully saturated rings. The molecule has 0 aliphatic heterocycles. The van der Waals surface area contributed by atoms with E-state index in [4.69, 9.17) is 0 Å². The smallest absolute Gasteiger partial charge is 0.101 e. The molecule has 10 rings (SSSR count). The van der Waals surface area contributed by atoms with E-state index in [1.165, 1.54) is 0 Å². The number of nitriles is 2. The third-order valence-corrected chi connectivity index (χ3v) is 10.6. The minimum atomic E-state index is 0.623. The van der Waals surface area contributed by atoms with Crippen LogP contribution >= 0.6 is 0 Å². The lowest BCUT2D eigenvalue weighted by atomic mass is 9.88. The van der Waals surface area contributed by atoms with Gasteiger partial charge >= 0.3 is 0 Å². The third-order valence-electron chi connectivity index (χ3n) is 10.6. The predicted molar refractivity (Wildman–Crippen MR) is 221 cm³/mol. The summed E-state index contributed by atoms with van der Waals surface area (Å²) in [6.45, 7) is 0. The van der Waals surface area contributed by atoms with Crippen molar-refractivity contribution in [2.75, 3.05) is 0 Å². The molecule has 0 N–H and O–H groups in total. The molecular weight excluding hydrogens is 657 g/mol. The Kier molecular flexibility index (Phi) is 7.22. The number of rotatable bonds is 5. The first kappa shape index (κ1) is 31.1. The first-order valence-electron chi connectivity index (χ1n) is 18.0. The molecule has 2 aromatic heterocycles. The molecule has 0 aliphatic rings. The van der Waals surface area contributed by atoms with Crippen LogP contribution in [0.5, 0.6) is 0 Å². The van der Waals surface area contributed by atoms with Crippen LogP contribution in [0, 0.1) is 22.7 Å². The number of para-hydroxylation sites is 4. The van der Waals surface area contributed by atoms with Crippen LogP contribution in [0.25, 0.3) is 88.4 Å². The summed E-state index contributed by atoms with van der Waals surface area (Å²) in [6.07, 6.45) is 0. The molecule has 250 valence electrons. The molecule has 2 heterocycles. The van der Waals surface area contributed by atoms with Gasteiger partial charge in [0.15, 0.2) is 0 Å². The maximum Gasteiger partial charge on any atom is 0.101 e.